The van der Waals surface area contributed by atoms with E-state index >= 15 is 0 Å². The highest BCUT2D eigenvalue weighted by molar-refractivity contribution is 5.96. The largest absolute Gasteiger partial charge is 0.416 e. The first-order valence-corrected chi connectivity index (χ1v) is 7.89. The maximum atomic E-state index is 12.5. The summed E-state index contributed by atoms with van der Waals surface area (Å²) >= 11 is 0. The summed E-state index contributed by atoms with van der Waals surface area (Å²) in [4.78, 5) is 23.6. The number of hydrogen-bond acceptors (Lipinski definition) is 2. The summed E-state index contributed by atoms with van der Waals surface area (Å²) in [6.45, 7) is 1.67. The Morgan fingerprint density at radius 1 is 0.962 bits per heavy atom. The van der Waals surface area contributed by atoms with Gasteiger partial charge in [-0.1, -0.05) is 19.1 Å². The lowest BCUT2D eigenvalue weighted by atomic mass is 10.1. The monoisotopic (exact) mass is 365 g/mol. The van der Waals surface area contributed by atoms with Crippen molar-refractivity contribution in [1.82, 2.24) is 5.32 Å². The third-order valence-corrected chi connectivity index (χ3v) is 3.50. The molecule has 0 bridgehead atoms. The van der Waals surface area contributed by atoms with Crippen molar-refractivity contribution in [2.75, 3.05) is 17.2 Å². The van der Waals surface area contributed by atoms with Gasteiger partial charge in [-0.25, -0.2) is 4.79 Å². The second-order valence-electron chi connectivity index (χ2n) is 5.48. The zero-order chi connectivity index (χ0) is 19.2. The Kier molecular flexibility index (Phi) is 6.21. The molecule has 0 atom stereocenters. The molecule has 0 aliphatic heterocycles. The number of benzene rings is 2. The Hall–Kier alpha value is -3.03. The molecular formula is C18H18F3N3O2. The highest BCUT2D eigenvalue weighted by Crippen LogP contribution is 2.29. The minimum atomic E-state index is -4.43. The third kappa shape index (κ3) is 5.80. The molecule has 2 aromatic carbocycles. The molecule has 8 heteroatoms. The Labute approximate surface area is 148 Å². The maximum Gasteiger partial charge on any atom is 0.416 e. The standard InChI is InChI=1S/C18H18F3N3O2/c1-2-12-4-3-5-15(10-12)24-17(26)22-11-16(25)23-14-8-6-13(7-9-14)18(19,20)21/h3-10H,2,11H2,1H3,(H,23,25)(H2,22,24,26). The first-order valence-electron chi connectivity index (χ1n) is 7.89. The van der Waals surface area contributed by atoms with Gasteiger partial charge in [0.05, 0.1) is 12.1 Å². The molecule has 0 unspecified atom stereocenters. The number of urea groups is 1. The van der Waals surface area contributed by atoms with Crippen LogP contribution in [-0.2, 0) is 17.4 Å². The van der Waals surface area contributed by atoms with Crippen LogP contribution in [0, 0.1) is 0 Å². The van der Waals surface area contributed by atoms with Crippen LogP contribution in [0.4, 0.5) is 29.3 Å². The highest BCUT2D eigenvalue weighted by Gasteiger charge is 2.29. The smallest absolute Gasteiger partial charge is 0.329 e. The Morgan fingerprint density at radius 2 is 1.65 bits per heavy atom. The fourth-order valence-electron chi connectivity index (χ4n) is 2.15. The predicted molar refractivity (Wildman–Crippen MR) is 92.9 cm³/mol. The lowest BCUT2D eigenvalue weighted by molar-refractivity contribution is -0.137. The summed E-state index contributed by atoms with van der Waals surface area (Å²) in [5, 5.41) is 7.40. The highest BCUT2D eigenvalue weighted by atomic mass is 19.4. The molecular weight excluding hydrogens is 347 g/mol. The lowest BCUT2D eigenvalue weighted by Gasteiger charge is -2.10. The van der Waals surface area contributed by atoms with Crippen molar-refractivity contribution in [3.05, 3.63) is 59.7 Å². The SMILES string of the molecule is CCc1cccc(NC(=O)NCC(=O)Nc2ccc(C(F)(F)F)cc2)c1. The van der Waals surface area contributed by atoms with Gasteiger partial charge in [-0.2, -0.15) is 13.2 Å². The van der Waals surface area contributed by atoms with Crippen molar-refractivity contribution in [3.8, 4) is 0 Å². The van der Waals surface area contributed by atoms with Crippen LogP contribution in [0.1, 0.15) is 18.1 Å². The number of anilines is 2. The van der Waals surface area contributed by atoms with Crippen LogP contribution >= 0.6 is 0 Å². The Morgan fingerprint density at radius 3 is 2.27 bits per heavy atom. The van der Waals surface area contributed by atoms with Crippen LogP contribution in [-0.4, -0.2) is 18.5 Å². The van der Waals surface area contributed by atoms with Crippen molar-refractivity contribution < 1.29 is 22.8 Å². The molecule has 0 aliphatic carbocycles. The first-order chi connectivity index (χ1) is 12.3. The van der Waals surface area contributed by atoms with Gasteiger partial charge in [0, 0.05) is 11.4 Å². The van der Waals surface area contributed by atoms with E-state index in [4.69, 9.17) is 0 Å². The molecule has 138 valence electrons. The van der Waals surface area contributed by atoms with Gasteiger partial charge in [-0.05, 0) is 48.4 Å². The number of aryl methyl sites for hydroxylation is 1. The molecule has 2 rings (SSSR count). The fraction of sp³-hybridized carbons (Fsp3) is 0.222. The molecule has 26 heavy (non-hydrogen) atoms. The average molecular weight is 365 g/mol. The zero-order valence-electron chi connectivity index (χ0n) is 14.0. The molecule has 0 radical (unpaired) electrons. The van der Waals surface area contributed by atoms with Crippen molar-refractivity contribution in [1.29, 1.82) is 0 Å². The van der Waals surface area contributed by atoms with E-state index in [0.29, 0.717) is 5.69 Å². The van der Waals surface area contributed by atoms with Gasteiger partial charge < -0.3 is 16.0 Å². The van der Waals surface area contributed by atoms with Crippen molar-refractivity contribution >= 4 is 23.3 Å². The predicted octanol–water partition coefficient (Wildman–Crippen LogP) is 4.03. The molecule has 0 fully saturated rings. The number of hydrogen-bond donors (Lipinski definition) is 3. The van der Waals surface area contributed by atoms with Crippen molar-refractivity contribution in [2.24, 2.45) is 0 Å². The van der Waals surface area contributed by atoms with E-state index in [1.807, 2.05) is 25.1 Å². The minimum absolute atomic E-state index is 0.209. The maximum absolute atomic E-state index is 12.5. The van der Waals surface area contributed by atoms with Crippen LogP contribution in [0.3, 0.4) is 0 Å². The van der Waals surface area contributed by atoms with E-state index in [1.165, 1.54) is 0 Å². The van der Waals surface area contributed by atoms with Crippen LogP contribution < -0.4 is 16.0 Å². The molecule has 0 saturated carbocycles. The fourth-order valence-corrected chi connectivity index (χ4v) is 2.15. The second kappa shape index (κ2) is 8.37. The van der Waals surface area contributed by atoms with Crippen LogP contribution in [0.25, 0.3) is 0 Å². The van der Waals surface area contributed by atoms with E-state index in [-0.39, 0.29) is 12.2 Å². The topological polar surface area (TPSA) is 70.2 Å². The molecule has 0 aromatic heterocycles. The molecule has 0 heterocycles. The van der Waals surface area contributed by atoms with Gasteiger partial charge in [-0.15, -0.1) is 0 Å². The summed E-state index contributed by atoms with van der Waals surface area (Å²) in [7, 11) is 0. The molecule has 5 nitrogen and oxygen atoms in total. The van der Waals surface area contributed by atoms with Crippen molar-refractivity contribution in [2.45, 2.75) is 19.5 Å². The lowest BCUT2D eigenvalue weighted by Crippen LogP contribution is -2.35. The number of nitrogens with one attached hydrogen (secondary N) is 3. The zero-order valence-corrected chi connectivity index (χ0v) is 14.0. The molecule has 3 amide bonds. The normalized spacial score (nSPS) is 10.9. The number of carbonyl (C=O) groups is 2. The summed E-state index contributed by atoms with van der Waals surface area (Å²) in [5.74, 6) is -0.554. The van der Waals surface area contributed by atoms with Gasteiger partial charge >= 0.3 is 12.2 Å². The number of rotatable bonds is 5. The molecule has 0 aliphatic rings. The minimum Gasteiger partial charge on any atom is -0.329 e. The molecule has 2 aromatic rings. The third-order valence-electron chi connectivity index (χ3n) is 3.50. The van der Waals surface area contributed by atoms with Gasteiger partial charge in [0.2, 0.25) is 5.91 Å². The Balaban J connectivity index is 1.81. The summed E-state index contributed by atoms with van der Waals surface area (Å²) in [5.41, 5.74) is 1.07. The van der Waals surface area contributed by atoms with E-state index in [9.17, 15) is 22.8 Å². The number of halogens is 3. The van der Waals surface area contributed by atoms with Crippen LogP contribution in [0.2, 0.25) is 0 Å². The van der Waals surface area contributed by atoms with Crippen LogP contribution in [0.15, 0.2) is 48.5 Å². The van der Waals surface area contributed by atoms with E-state index in [2.05, 4.69) is 16.0 Å². The van der Waals surface area contributed by atoms with E-state index in [0.717, 1.165) is 36.2 Å². The van der Waals surface area contributed by atoms with Gasteiger partial charge in [0.15, 0.2) is 0 Å². The van der Waals surface area contributed by atoms with Crippen molar-refractivity contribution in [3.63, 3.8) is 0 Å². The number of amides is 3. The molecule has 0 spiro atoms. The van der Waals surface area contributed by atoms with E-state index in [1.54, 1.807) is 6.07 Å². The number of alkyl halides is 3. The van der Waals surface area contributed by atoms with Gasteiger partial charge in [0.1, 0.15) is 0 Å². The summed E-state index contributed by atoms with van der Waals surface area (Å²) in [6.07, 6.45) is -3.61. The van der Waals surface area contributed by atoms with Gasteiger partial charge in [-0.3, -0.25) is 4.79 Å². The molecule has 3 N–H and O–H groups in total. The second-order valence-corrected chi connectivity index (χ2v) is 5.48. The number of carbonyl (C=O) groups excluding carboxylic acids is 2. The van der Waals surface area contributed by atoms with E-state index < -0.39 is 23.7 Å². The summed E-state index contributed by atoms with van der Waals surface area (Å²) < 4.78 is 37.4. The van der Waals surface area contributed by atoms with Crippen LogP contribution in [0.5, 0.6) is 0 Å². The Bertz CT molecular complexity index is 774. The quantitative estimate of drug-likeness (QED) is 0.749. The first kappa shape index (κ1) is 19.3. The van der Waals surface area contributed by atoms with Gasteiger partial charge in [0.25, 0.3) is 0 Å². The summed E-state index contributed by atoms with van der Waals surface area (Å²) in [6, 6.07) is 10.8. The molecule has 0 saturated heterocycles. The average Bonchev–Trinajstić information content (AvgIpc) is 2.60.